The van der Waals surface area contributed by atoms with Crippen molar-refractivity contribution < 1.29 is 14.3 Å². The van der Waals surface area contributed by atoms with Crippen LogP contribution in [-0.2, 0) is 4.79 Å². The number of carbonyl (C=O) groups is 2. The van der Waals surface area contributed by atoms with Crippen LogP contribution in [0.1, 0.15) is 56.3 Å². The summed E-state index contributed by atoms with van der Waals surface area (Å²) >= 11 is 0. The van der Waals surface area contributed by atoms with Gasteiger partial charge in [0.15, 0.2) is 6.61 Å². The molecule has 1 aliphatic heterocycles. The molecule has 1 fully saturated rings. The third kappa shape index (κ3) is 6.22. The molecule has 2 rings (SSSR count). The smallest absolute Gasteiger partial charge is 0.260 e. The number of nitriles is 2. The van der Waals surface area contributed by atoms with Crippen LogP contribution in [0.5, 0.6) is 5.75 Å². The van der Waals surface area contributed by atoms with Gasteiger partial charge in [-0.2, -0.15) is 10.5 Å². The number of hydrogen-bond donors (Lipinski definition) is 0. The standard InChI is InChI=1S/C22H28N4O3/c1-17-6-3-7-18(2)26(17)21(27)16-29-20-10-8-19(9-11-20)22(28)25(14-4-12-23)15-5-13-24/h8-11,17-18H,3-7,14-16H2,1-2H3. The van der Waals surface area contributed by atoms with Gasteiger partial charge < -0.3 is 14.5 Å². The second kappa shape index (κ2) is 11.1. The lowest BCUT2D eigenvalue weighted by molar-refractivity contribution is -0.139. The maximum absolute atomic E-state index is 12.6. The average Bonchev–Trinajstić information content (AvgIpc) is 2.72. The summed E-state index contributed by atoms with van der Waals surface area (Å²) in [7, 11) is 0. The maximum Gasteiger partial charge on any atom is 0.260 e. The van der Waals surface area contributed by atoms with Crippen molar-refractivity contribution in [3.63, 3.8) is 0 Å². The third-order valence-corrected chi connectivity index (χ3v) is 5.22. The van der Waals surface area contributed by atoms with E-state index in [4.69, 9.17) is 15.3 Å². The van der Waals surface area contributed by atoms with Crippen LogP contribution in [0.2, 0.25) is 0 Å². The summed E-state index contributed by atoms with van der Waals surface area (Å²) in [5.41, 5.74) is 0.456. The molecular formula is C22H28N4O3. The molecule has 0 radical (unpaired) electrons. The summed E-state index contributed by atoms with van der Waals surface area (Å²) in [4.78, 5) is 28.6. The first-order valence-electron chi connectivity index (χ1n) is 10.0. The van der Waals surface area contributed by atoms with Crippen molar-refractivity contribution in [3.8, 4) is 17.9 Å². The Bertz CT molecular complexity index is 751. The molecule has 1 aromatic carbocycles. The minimum atomic E-state index is -0.228. The summed E-state index contributed by atoms with van der Waals surface area (Å²) in [5, 5.41) is 17.5. The van der Waals surface area contributed by atoms with Crippen molar-refractivity contribution in [2.75, 3.05) is 19.7 Å². The predicted molar refractivity (Wildman–Crippen MR) is 108 cm³/mol. The van der Waals surface area contributed by atoms with Crippen LogP contribution in [0.15, 0.2) is 24.3 Å². The molecule has 29 heavy (non-hydrogen) atoms. The first-order chi connectivity index (χ1) is 14.0. The molecule has 7 heteroatoms. The van der Waals surface area contributed by atoms with Crippen molar-refractivity contribution in [1.82, 2.24) is 9.80 Å². The van der Waals surface area contributed by atoms with Crippen LogP contribution in [-0.4, -0.2) is 53.4 Å². The molecule has 1 aromatic rings. The zero-order valence-corrected chi connectivity index (χ0v) is 17.1. The van der Waals surface area contributed by atoms with E-state index in [0.717, 1.165) is 19.3 Å². The normalized spacial score (nSPS) is 18.4. The zero-order valence-electron chi connectivity index (χ0n) is 17.1. The Labute approximate surface area is 172 Å². The fourth-order valence-electron chi connectivity index (χ4n) is 3.69. The van der Waals surface area contributed by atoms with E-state index in [1.807, 2.05) is 17.0 Å². The van der Waals surface area contributed by atoms with Gasteiger partial charge in [0.1, 0.15) is 5.75 Å². The van der Waals surface area contributed by atoms with Crippen molar-refractivity contribution in [2.24, 2.45) is 0 Å². The lowest BCUT2D eigenvalue weighted by Crippen LogP contribution is -2.49. The second-order valence-electron chi connectivity index (χ2n) is 7.35. The van der Waals surface area contributed by atoms with Crippen LogP contribution in [0, 0.1) is 22.7 Å². The summed E-state index contributed by atoms with van der Waals surface area (Å²) in [6, 6.07) is 11.1. The Morgan fingerprint density at radius 3 is 2.14 bits per heavy atom. The van der Waals surface area contributed by atoms with Crippen molar-refractivity contribution in [2.45, 2.75) is 58.0 Å². The van der Waals surface area contributed by atoms with Gasteiger partial charge in [-0.25, -0.2) is 0 Å². The van der Waals surface area contributed by atoms with Gasteiger partial charge in [0.25, 0.3) is 11.8 Å². The van der Waals surface area contributed by atoms with E-state index in [2.05, 4.69) is 13.8 Å². The lowest BCUT2D eigenvalue weighted by Gasteiger charge is -2.38. The highest BCUT2D eigenvalue weighted by atomic mass is 16.5. The fourth-order valence-corrected chi connectivity index (χ4v) is 3.69. The van der Waals surface area contributed by atoms with Gasteiger partial charge in [-0.15, -0.1) is 0 Å². The van der Waals surface area contributed by atoms with E-state index < -0.39 is 0 Å². The highest BCUT2D eigenvalue weighted by Crippen LogP contribution is 2.23. The summed E-state index contributed by atoms with van der Waals surface area (Å²) < 4.78 is 5.64. The molecule has 0 aromatic heterocycles. The van der Waals surface area contributed by atoms with E-state index in [9.17, 15) is 9.59 Å². The van der Waals surface area contributed by atoms with E-state index in [-0.39, 0.29) is 56.4 Å². The molecular weight excluding hydrogens is 368 g/mol. The van der Waals surface area contributed by atoms with Gasteiger partial charge in [-0.3, -0.25) is 9.59 Å². The van der Waals surface area contributed by atoms with E-state index in [1.165, 1.54) is 4.90 Å². The molecule has 1 heterocycles. The largest absolute Gasteiger partial charge is 0.484 e. The van der Waals surface area contributed by atoms with Crippen LogP contribution in [0.25, 0.3) is 0 Å². The molecule has 1 aliphatic rings. The Kier molecular flexibility index (Phi) is 8.48. The number of amides is 2. The van der Waals surface area contributed by atoms with Crippen LogP contribution in [0.4, 0.5) is 0 Å². The van der Waals surface area contributed by atoms with E-state index in [0.29, 0.717) is 11.3 Å². The second-order valence-corrected chi connectivity index (χ2v) is 7.35. The first kappa shape index (κ1) is 22.2. The number of ether oxygens (including phenoxy) is 1. The SMILES string of the molecule is CC1CCCC(C)N1C(=O)COc1ccc(C(=O)N(CCC#N)CCC#N)cc1. The summed E-state index contributed by atoms with van der Waals surface area (Å²) in [6.07, 6.45) is 3.60. The van der Waals surface area contributed by atoms with Crippen LogP contribution in [0.3, 0.4) is 0 Å². The Morgan fingerprint density at radius 1 is 1.07 bits per heavy atom. The number of hydrogen-bond acceptors (Lipinski definition) is 5. The number of likely N-dealkylation sites (tertiary alicyclic amines) is 1. The van der Waals surface area contributed by atoms with Crippen molar-refractivity contribution in [1.29, 1.82) is 10.5 Å². The third-order valence-electron chi connectivity index (χ3n) is 5.22. The quantitative estimate of drug-likeness (QED) is 0.672. The van der Waals surface area contributed by atoms with Crippen LogP contribution >= 0.6 is 0 Å². The summed E-state index contributed by atoms with van der Waals surface area (Å²) in [5.74, 6) is 0.269. The molecule has 0 N–H and O–H groups in total. The minimum Gasteiger partial charge on any atom is -0.484 e. The molecule has 1 saturated heterocycles. The Hall–Kier alpha value is -3.06. The zero-order chi connectivity index (χ0) is 21.2. The number of piperidine rings is 1. The Morgan fingerprint density at radius 2 is 1.62 bits per heavy atom. The number of nitrogens with zero attached hydrogens (tertiary/aromatic N) is 4. The van der Waals surface area contributed by atoms with Crippen LogP contribution < -0.4 is 4.74 Å². The van der Waals surface area contributed by atoms with Gasteiger partial charge >= 0.3 is 0 Å². The topological polar surface area (TPSA) is 97.4 Å². The van der Waals surface area contributed by atoms with Crippen molar-refractivity contribution in [3.05, 3.63) is 29.8 Å². The molecule has 0 bridgehead atoms. The molecule has 0 saturated carbocycles. The van der Waals surface area contributed by atoms with E-state index >= 15 is 0 Å². The highest BCUT2D eigenvalue weighted by molar-refractivity contribution is 5.94. The maximum atomic E-state index is 12.6. The highest BCUT2D eigenvalue weighted by Gasteiger charge is 2.29. The van der Waals surface area contributed by atoms with Crippen molar-refractivity contribution >= 4 is 11.8 Å². The molecule has 0 aliphatic carbocycles. The predicted octanol–water partition coefficient (Wildman–Crippen LogP) is 3.12. The molecule has 0 spiro atoms. The van der Waals surface area contributed by atoms with Gasteiger partial charge in [0, 0.05) is 30.7 Å². The number of carbonyl (C=O) groups excluding carboxylic acids is 2. The summed E-state index contributed by atoms with van der Waals surface area (Å²) in [6.45, 7) is 4.68. The molecule has 7 nitrogen and oxygen atoms in total. The molecule has 2 amide bonds. The van der Waals surface area contributed by atoms with Gasteiger partial charge in [0.2, 0.25) is 0 Å². The van der Waals surface area contributed by atoms with Gasteiger partial charge in [-0.1, -0.05) is 0 Å². The fraction of sp³-hybridized carbons (Fsp3) is 0.545. The molecule has 2 unspecified atom stereocenters. The van der Waals surface area contributed by atoms with E-state index in [1.54, 1.807) is 24.3 Å². The first-order valence-corrected chi connectivity index (χ1v) is 10.0. The number of benzene rings is 1. The lowest BCUT2D eigenvalue weighted by atomic mass is 9.97. The molecule has 2 atom stereocenters. The monoisotopic (exact) mass is 396 g/mol. The average molecular weight is 396 g/mol. The van der Waals surface area contributed by atoms with Gasteiger partial charge in [0.05, 0.1) is 25.0 Å². The minimum absolute atomic E-state index is 0.0240. The Balaban J connectivity index is 1.95. The molecule has 154 valence electrons. The van der Waals surface area contributed by atoms with Gasteiger partial charge in [-0.05, 0) is 57.4 Å². The number of rotatable bonds is 8.